The summed E-state index contributed by atoms with van der Waals surface area (Å²) in [6.07, 6.45) is 5.98. The van der Waals surface area contributed by atoms with Crippen molar-refractivity contribution < 1.29 is 13.2 Å². The number of nitrogens with zero attached hydrogens (tertiary/aromatic N) is 1. The smallest absolute Gasteiger partial charge is 0.223 e. The Morgan fingerprint density at radius 2 is 1.90 bits per heavy atom. The number of amides is 1. The van der Waals surface area contributed by atoms with Crippen molar-refractivity contribution in [1.82, 2.24) is 9.62 Å². The largest absolute Gasteiger partial charge is 0.356 e. The average Bonchev–Trinajstić information content (AvgIpc) is 2.92. The van der Waals surface area contributed by atoms with E-state index in [1.165, 1.54) is 10.6 Å². The first-order valence-electron chi connectivity index (χ1n) is 7.84. The van der Waals surface area contributed by atoms with Gasteiger partial charge in [0.15, 0.2) is 0 Å². The SMILES string of the molecule is CS(=O)(=O)N1CCC(CNC(=O)[C@@H]2CCC[C@@H]2CN)CC1. The summed E-state index contributed by atoms with van der Waals surface area (Å²) in [5.41, 5.74) is 5.71. The quantitative estimate of drug-likeness (QED) is 0.755. The van der Waals surface area contributed by atoms with Crippen molar-refractivity contribution in [1.29, 1.82) is 0 Å². The molecule has 2 aliphatic rings. The number of nitrogens with one attached hydrogen (secondary N) is 1. The van der Waals surface area contributed by atoms with Gasteiger partial charge in [-0.1, -0.05) is 6.42 Å². The molecule has 3 N–H and O–H groups in total. The monoisotopic (exact) mass is 317 g/mol. The Morgan fingerprint density at radius 1 is 1.24 bits per heavy atom. The van der Waals surface area contributed by atoms with Crippen LogP contribution in [0, 0.1) is 17.8 Å². The fraction of sp³-hybridized carbons (Fsp3) is 0.929. The van der Waals surface area contributed by atoms with E-state index in [0.29, 0.717) is 38.0 Å². The predicted octanol–water partition coefficient (Wildman–Crippen LogP) is 0.149. The van der Waals surface area contributed by atoms with E-state index in [2.05, 4.69) is 5.32 Å². The minimum absolute atomic E-state index is 0.0751. The van der Waals surface area contributed by atoms with Gasteiger partial charge in [0.2, 0.25) is 15.9 Å². The molecule has 122 valence electrons. The molecule has 1 aliphatic heterocycles. The second-order valence-electron chi connectivity index (χ2n) is 6.38. The number of hydrogen-bond donors (Lipinski definition) is 2. The molecule has 21 heavy (non-hydrogen) atoms. The highest BCUT2D eigenvalue weighted by Gasteiger charge is 2.32. The molecule has 0 aromatic rings. The van der Waals surface area contributed by atoms with Gasteiger partial charge in [-0.25, -0.2) is 12.7 Å². The third kappa shape index (κ3) is 4.40. The van der Waals surface area contributed by atoms with E-state index in [9.17, 15) is 13.2 Å². The van der Waals surface area contributed by atoms with Crippen LogP contribution in [0.3, 0.4) is 0 Å². The molecule has 2 rings (SSSR count). The first kappa shape index (κ1) is 16.7. The molecule has 1 heterocycles. The number of carbonyl (C=O) groups is 1. The van der Waals surface area contributed by atoms with Gasteiger partial charge in [0, 0.05) is 25.6 Å². The van der Waals surface area contributed by atoms with Crippen molar-refractivity contribution in [2.45, 2.75) is 32.1 Å². The van der Waals surface area contributed by atoms with Gasteiger partial charge in [0.1, 0.15) is 0 Å². The van der Waals surface area contributed by atoms with Crippen molar-refractivity contribution in [2.24, 2.45) is 23.5 Å². The van der Waals surface area contributed by atoms with Crippen molar-refractivity contribution in [3.05, 3.63) is 0 Å². The van der Waals surface area contributed by atoms with Crippen LogP contribution in [0.1, 0.15) is 32.1 Å². The van der Waals surface area contributed by atoms with Crippen molar-refractivity contribution in [2.75, 3.05) is 32.4 Å². The van der Waals surface area contributed by atoms with Gasteiger partial charge in [0.05, 0.1) is 6.26 Å². The van der Waals surface area contributed by atoms with Crippen LogP contribution >= 0.6 is 0 Å². The zero-order valence-corrected chi connectivity index (χ0v) is 13.6. The van der Waals surface area contributed by atoms with Gasteiger partial charge >= 0.3 is 0 Å². The lowest BCUT2D eigenvalue weighted by atomic mass is 9.94. The number of piperidine rings is 1. The van der Waals surface area contributed by atoms with Gasteiger partial charge in [-0.15, -0.1) is 0 Å². The fourth-order valence-electron chi connectivity index (χ4n) is 3.49. The van der Waals surface area contributed by atoms with Gasteiger partial charge in [0.25, 0.3) is 0 Å². The van der Waals surface area contributed by atoms with Crippen LogP contribution in [0.4, 0.5) is 0 Å². The topological polar surface area (TPSA) is 92.5 Å². The molecular weight excluding hydrogens is 290 g/mol. The lowest BCUT2D eigenvalue weighted by Gasteiger charge is -2.30. The molecule has 0 aromatic heterocycles. The second-order valence-corrected chi connectivity index (χ2v) is 8.37. The number of carbonyl (C=O) groups excluding carboxylic acids is 1. The summed E-state index contributed by atoms with van der Waals surface area (Å²) in [5.74, 6) is 0.918. The minimum atomic E-state index is -3.07. The molecule has 0 radical (unpaired) electrons. The lowest BCUT2D eigenvalue weighted by Crippen LogP contribution is -2.42. The summed E-state index contributed by atoms with van der Waals surface area (Å²) < 4.78 is 24.4. The Bertz CT molecular complexity index is 458. The van der Waals surface area contributed by atoms with E-state index >= 15 is 0 Å². The predicted molar refractivity (Wildman–Crippen MR) is 82.0 cm³/mol. The van der Waals surface area contributed by atoms with Crippen LogP contribution in [-0.4, -0.2) is 51.1 Å². The maximum absolute atomic E-state index is 12.2. The van der Waals surface area contributed by atoms with Gasteiger partial charge in [-0.3, -0.25) is 4.79 Å². The Hall–Kier alpha value is -0.660. The van der Waals surface area contributed by atoms with E-state index < -0.39 is 10.0 Å². The Labute approximate surface area is 127 Å². The lowest BCUT2D eigenvalue weighted by molar-refractivity contribution is -0.126. The van der Waals surface area contributed by atoms with E-state index in [1.54, 1.807) is 0 Å². The van der Waals surface area contributed by atoms with Crippen LogP contribution in [0.5, 0.6) is 0 Å². The van der Waals surface area contributed by atoms with Crippen molar-refractivity contribution in [3.63, 3.8) is 0 Å². The van der Waals surface area contributed by atoms with E-state index in [-0.39, 0.29) is 11.8 Å². The zero-order chi connectivity index (χ0) is 15.5. The van der Waals surface area contributed by atoms with Crippen LogP contribution in [0.2, 0.25) is 0 Å². The summed E-state index contributed by atoms with van der Waals surface area (Å²) in [7, 11) is -3.07. The molecule has 6 nitrogen and oxygen atoms in total. The summed E-state index contributed by atoms with van der Waals surface area (Å²) in [5, 5.41) is 3.05. The van der Waals surface area contributed by atoms with E-state index in [0.717, 1.165) is 32.1 Å². The number of rotatable bonds is 5. The molecule has 7 heteroatoms. The molecule has 0 bridgehead atoms. The molecule has 0 unspecified atom stereocenters. The molecule has 2 atom stereocenters. The van der Waals surface area contributed by atoms with Crippen LogP contribution < -0.4 is 11.1 Å². The van der Waals surface area contributed by atoms with Crippen LogP contribution in [0.15, 0.2) is 0 Å². The molecule has 0 aromatic carbocycles. The fourth-order valence-corrected chi connectivity index (χ4v) is 4.36. The number of nitrogens with two attached hydrogens (primary N) is 1. The normalized spacial score (nSPS) is 28.7. The Kier molecular flexibility index (Phi) is 5.62. The first-order chi connectivity index (χ1) is 9.91. The highest BCUT2D eigenvalue weighted by atomic mass is 32.2. The Balaban J connectivity index is 1.73. The first-order valence-corrected chi connectivity index (χ1v) is 9.69. The average molecular weight is 317 g/mol. The maximum atomic E-state index is 12.2. The maximum Gasteiger partial charge on any atom is 0.223 e. The van der Waals surface area contributed by atoms with Crippen molar-refractivity contribution in [3.8, 4) is 0 Å². The van der Waals surface area contributed by atoms with Crippen molar-refractivity contribution >= 4 is 15.9 Å². The standard InChI is InChI=1S/C14H27N3O3S/c1-21(19,20)17-7-5-11(6-8-17)10-16-14(18)13-4-2-3-12(13)9-15/h11-13H,2-10,15H2,1H3,(H,16,18)/t12-,13-/m1/s1. The number of hydrogen-bond acceptors (Lipinski definition) is 4. The molecular formula is C14H27N3O3S. The van der Waals surface area contributed by atoms with Gasteiger partial charge < -0.3 is 11.1 Å². The zero-order valence-electron chi connectivity index (χ0n) is 12.8. The second kappa shape index (κ2) is 7.07. The van der Waals surface area contributed by atoms with Crippen LogP contribution in [0.25, 0.3) is 0 Å². The minimum Gasteiger partial charge on any atom is -0.356 e. The third-order valence-electron chi connectivity index (χ3n) is 4.91. The van der Waals surface area contributed by atoms with E-state index in [1.807, 2.05) is 0 Å². The highest BCUT2D eigenvalue weighted by molar-refractivity contribution is 7.88. The molecule has 1 aliphatic carbocycles. The summed E-state index contributed by atoms with van der Waals surface area (Å²) in [6.45, 7) is 2.37. The third-order valence-corrected chi connectivity index (χ3v) is 6.21. The molecule has 0 spiro atoms. The molecule has 1 saturated carbocycles. The number of sulfonamides is 1. The summed E-state index contributed by atoms with van der Waals surface area (Å²) in [6, 6.07) is 0. The Morgan fingerprint density at radius 3 is 2.48 bits per heavy atom. The van der Waals surface area contributed by atoms with Gasteiger partial charge in [-0.05, 0) is 44.1 Å². The summed E-state index contributed by atoms with van der Waals surface area (Å²) in [4.78, 5) is 12.2. The summed E-state index contributed by atoms with van der Waals surface area (Å²) >= 11 is 0. The molecule has 1 amide bonds. The molecule has 2 fully saturated rings. The van der Waals surface area contributed by atoms with Gasteiger partial charge in [-0.2, -0.15) is 0 Å². The van der Waals surface area contributed by atoms with E-state index in [4.69, 9.17) is 5.73 Å². The highest BCUT2D eigenvalue weighted by Crippen LogP contribution is 2.31. The van der Waals surface area contributed by atoms with Crippen LogP contribution in [-0.2, 0) is 14.8 Å². The molecule has 1 saturated heterocycles.